The molecule has 0 spiro atoms. The van der Waals surface area contributed by atoms with Crippen LogP contribution in [-0.4, -0.2) is 69.3 Å². The minimum Gasteiger partial charge on any atom is -0.424 e. The fraction of sp³-hybridized carbons (Fsp3) is 0.520. The quantitative estimate of drug-likeness (QED) is 0.169. The smallest absolute Gasteiger partial charge is 0.424 e. The number of aromatic nitrogens is 2. The number of fused-ring (bicyclic) bond motifs is 1. The second-order valence-electron chi connectivity index (χ2n) is 10.3. The molecule has 0 bridgehead atoms. The van der Waals surface area contributed by atoms with E-state index in [0.717, 1.165) is 21.9 Å². The third-order valence-corrected chi connectivity index (χ3v) is 9.32. The van der Waals surface area contributed by atoms with Crippen LogP contribution >= 0.6 is 19.5 Å². The molecule has 2 aliphatic rings. The van der Waals surface area contributed by atoms with E-state index >= 15 is 0 Å². The van der Waals surface area contributed by atoms with E-state index < -0.39 is 49.0 Å². The number of hydrogen-bond donors (Lipinski definition) is 3. The number of hydrogen-bond acceptors (Lipinski definition) is 13. The first-order valence-corrected chi connectivity index (χ1v) is 15.3. The zero-order valence-corrected chi connectivity index (χ0v) is 24.5. The van der Waals surface area contributed by atoms with Crippen LogP contribution in [0.15, 0.2) is 47.4 Å². The van der Waals surface area contributed by atoms with Crippen molar-refractivity contribution in [1.82, 2.24) is 14.6 Å². The molecule has 4 rings (SSSR count). The van der Waals surface area contributed by atoms with Gasteiger partial charge in [0.25, 0.3) is 0 Å². The summed E-state index contributed by atoms with van der Waals surface area (Å²) in [5, 5.41) is 12.0. The minimum atomic E-state index is -4.01. The molecule has 4 N–H and O–H groups in total. The van der Waals surface area contributed by atoms with Gasteiger partial charge in [-0.1, -0.05) is 42.1 Å². The lowest BCUT2D eigenvalue weighted by atomic mass is 9.96. The number of nitrogens with two attached hydrogens (primary N) is 1. The number of thioether (sulfide) groups is 1. The molecule has 1 aromatic carbocycles. The fourth-order valence-electron chi connectivity index (χ4n) is 4.20. The number of benzene rings is 1. The number of nitrogen functional groups attached to an aromatic ring is 1. The average Bonchev–Trinajstić information content (AvgIpc) is 3.38. The van der Waals surface area contributed by atoms with Gasteiger partial charge in [0.05, 0.1) is 25.2 Å². The molecule has 0 aliphatic carbocycles. The largest absolute Gasteiger partial charge is 0.509 e. The van der Waals surface area contributed by atoms with Crippen molar-refractivity contribution in [3.05, 3.63) is 58.6 Å². The Morgan fingerprint density at radius 1 is 1.27 bits per heavy atom. The van der Waals surface area contributed by atoms with E-state index in [4.69, 9.17) is 29.0 Å². The van der Waals surface area contributed by atoms with E-state index in [9.17, 15) is 24.1 Å². The summed E-state index contributed by atoms with van der Waals surface area (Å²) in [6.45, 7) is 4.13. The first-order chi connectivity index (χ1) is 19.4. The summed E-state index contributed by atoms with van der Waals surface area (Å²) in [7, 11) is -4.01. The third kappa shape index (κ3) is 7.17. The van der Waals surface area contributed by atoms with E-state index in [-0.39, 0.29) is 43.1 Å². The van der Waals surface area contributed by atoms with E-state index in [1.807, 2.05) is 30.3 Å². The van der Waals surface area contributed by atoms with Crippen LogP contribution < -0.4 is 16.5 Å². The van der Waals surface area contributed by atoms with E-state index in [2.05, 4.69) is 10.1 Å². The molecular weight excluding hydrogens is 579 g/mol. The van der Waals surface area contributed by atoms with E-state index in [0.29, 0.717) is 0 Å². The van der Waals surface area contributed by atoms with Gasteiger partial charge in [-0.05, 0) is 32.4 Å². The maximum absolute atomic E-state index is 13.8. The monoisotopic (exact) mass is 612 g/mol. The van der Waals surface area contributed by atoms with Gasteiger partial charge < -0.3 is 25.1 Å². The van der Waals surface area contributed by atoms with Crippen molar-refractivity contribution < 1.29 is 42.5 Å². The van der Waals surface area contributed by atoms with Gasteiger partial charge in [0, 0.05) is 18.5 Å². The summed E-state index contributed by atoms with van der Waals surface area (Å²) in [5.74, 6) is 0.164. The maximum atomic E-state index is 13.8. The number of nitrogens with one attached hydrogen (secondary N) is 1. The van der Waals surface area contributed by atoms with Gasteiger partial charge in [0.15, 0.2) is 23.0 Å². The Kier molecular flexibility index (Phi) is 9.59. The van der Waals surface area contributed by atoms with Gasteiger partial charge in [-0.2, -0.15) is 4.98 Å². The highest BCUT2D eigenvalue weighted by Crippen LogP contribution is 2.49. The fourth-order valence-corrected chi connectivity index (χ4v) is 6.44. The first kappa shape index (κ1) is 31.2. The summed E-state index contributed by atoms with van der Waals surface area (Å²) in [5.41, 5.74) is 3.33. The summed E-state index contributed by atoms with van der Waals surface area (Å²) in [6, 6.07) is 10.5. The zero-order chi connectivity index (χ0) is 29.8. The van der Waals surface area contributed by atoms with E-state index in [1.54, 1.807) is 20.8 Å². The molecule has 2 saturated heterocycles. The van der Waals surface area contributed by atoms with Crippen LogP contribution in [0.5, 0.6) is 0 Å². The maximum Gasteiger partial charge on any atom is 0.509 e. The molecule has 0 amide bonds. The first-order valence-electron chi connectivity index (χ1n) is 12.7. The average molecular weight is 613 g/mol. The van der Waals surface area contributed by atoms with Crippen molar-refractivity contribution in [3.8, 4) is 0 Å². The lowest BCUT2D eigenvalue weighted by Gasteiger charge is -2.26. The van der Waals surface area contributed by atoms with Gasteiger partial charge in [-0.15, -0.1) is 0 Å². The summed E-state index contributed by atoms with van der Waals surface area (Å²) in [4.78, 5) is 40.6. The Morgan fingerprint density at radius 2 is 2.00 bits per heavy atom. The van der Waals surface area contributed by atoms with Crippen LogP contribution in [0.4, 0.5) is 10.6 Å². The molecule has 5 atom stereocenters. The standard InChI is InChI=1S/C25H33N4O10PS/c1-24(2,15-30)21(31)41-12-11-35-40(34,27-13-16-7-5-4-6-8-16)36-14-17-19-25(3,39-23(33)38-19)20(37-17)29-10-9-18(26)28-22(29)32/h4-10,17,19-20,30H,11-15H2,1-3H3,(H,27,34)(H2,26,28,32)/t17-,19-,20?,25-,40?/m1/s1. The number of carbonyl (C=O) groups is 2. The molecule has 224 valence electrons. The number of rotatable bonds is 13. The van der Waals surface area contributed by atoms with Crippen LogP contribution in [0.3, 0.4) is 0 Å². The van der Waals surface area contributed by atoms with Crippen molar-refractivity contribution in [2.24, 2.45) is 5.41 Å². The third-order valence-electron chi connectivity index (χ3n) is 6.58. The lowest BCUT2D eigenvalue weighted by Crippen LogP contribution is -2.44. The van der Waals surface area contributed by atoms with Crippen LogP contribution in [-0.2, 0) is 39.2 Å². The molecule has 1 aromatic heterocycles. The van der Waals surface area contributed by atoms with Crippen LogP contribution in [0.25, 0.3) is 0 Å². The second kappa shape index (κ2) is 12.6. The number of ether oxygens (including phenoxy) is 3. The van der Waals surface area contributed by atoms with Crippen LogP contribution in [0.2, 0.25) is 0 Å². The van der Waals surface area contributed by atoms with Gasteiger partial charge in [0.1, 0.15) is 11.9 Å². The molecule has 16 heteroatoms. The normalized spacial score (nSPS) is 25.3. The highest BCUT2D eigenvalue weighted by Gasteiger charge is 2.64. The van der Waals surface area contributed by atoms with Crippen LogP contribution in [0, 0.1) is 5.41 Å². The van der Waals surface area contributed by atoms with Gasteiger partial charge in [0.2, 0.25) is 0 Å². The summed E-state index contributed by atoms with van der Waals surface area (Å²) in [6.07, 6.45) is -2.75. The number of aliphatic hydroxyl groups is 1. The van der Waals surface area contributed by atoms with Crippen molar-refractivity contribution in [1.29, 1.82) is 0 Å². The predicted molar refractivity (Wildman–Crippen MR) is 148 cm³/mol. The number of nitrogens with zero attached hydrogens (tertiary/aromatic N) is 2. The van der Waals surface area contributed by atoms with E-state index in [1.165, 1.54) is 12.3 Å². The minimum absolute atomic E-state index is 0.00728. The Balaban J connectivity index is 1.47. The molecule has 0 saturated carbocycles. The Morgan fingerprint density at radius 3 is 2.68 bits per heavy atom. The number of aliphatic hydroxyl groups excluding tert-OH is 1. The molecule has 3 heterocycles. The SMILES string of the molecule is CC(C)(CO)C(=O)SCCOP(=O)(NCc1ccccc1)OC[C@H]1OC(n2ccc(N)nc2=O)[C@]2(C)OC(=O)O[C@H]12. The topological polar surface area (TPSA) is 191 Å². The molecule has 0 radical (unpaired) electrons. The number of anilines is 1. The highest BCUT2D eigenvalue weighted by atomic mass is 32.2. The van der Waals surface area contributed by atoms with Crippen molar-refractivity contribution >= 4 is 36.6 Å². The Labute approximate surface area is 240 Å². The van der Waals surface area contributed by atoms with Crippen LogP contribution in [0.1, 0.15) is 32.6 Å². The van der Waals surface area contributed by atoms with Gasteiger partial charge in [-0.25, -0.2) is 19.2 Å². The number of carbonyl (C=O) groups excluding carboxylic acids is 2. The molecule has 2 aromatic rings. The van der Waals surface area contributed by atoms with Crippen molar-refractivity contribution in [2.45, 2.75) is 51.4 Å². The molecular formula is C25H33N4O10PS. The molecule has 41 heavy (non-hydrogen) atoms. The molecule has 2 fully saturated rings. The second-order valence-corrected chi connectivity index (χ2v) is 13.2. The molecule has 2 aliphatic heterocycles. The van der Waals surface area contributed by atoms with Crippen molar-refractivity contribution in [2.75, 3.05) is 31.3 Å². The predicted octanol–water partition coefficient (Wildman–Crippen LogP) is 2.23. The Hall–Kier alpha value is -2.78. The van der Waals surface area contributed by atoms with Gasteiger partial charge in [-0.3, -0.25) is 18.4 Å². The molecule has 14 nitrogen and oxygen atoms in total. The zero-order valence-electron chi connectivity index (χ0n) is 22.8. The molecule has 2 unspecified atom stereocenters. The summed E-state index contributed by atoms with van der Waals surface area (Å²) < 4.78 is 43.0. The highest BCUT2D eigenvalue weighted by molar-refractivity contribution is 8.13. The van der Waals surface area contributed by atoms with Gasteiger partial charge >= 0.3 is 19.6 Å². The lowest BCUT2D eigenvalue weighted by molar-refractivity contribution is -0.119. The summed E-state index contributed by atoms with van der Waals surface area (Å²) >= 11 is 0.945. The Bertz CT molecular complexity index is 1360. The van der Waals surface area contributed by atoms with Crippen molar-refractivity contribution in [3.63, 3.8) is 0 Å².